The number of aromatic amines is 1. The molecule has 2 aromatic rings. The molecule has 2 saturated heterocycles. The molecule has 0 amide bonds. The van der Waals surface area contributed by atoms with Gasteiger partial charge in [-0.2, -0.15) is 5.10 Å². The van der Waals surface area contributed by atoms with Crippen LogP contribution in [0.5, 0.6) is 0 Å². The quantitative estimate of drug-likeness (QED) is 0.917. The summed E-state index contributed by atoms with van der Waals surface area (Å²) < 4.78 is 5.88. The maximum absolute atomic E-state index is 5.88. The Balaban J connectivity index is 1.41. The van der Waals surface area contributed by atoms with E-state index in [0.29, 0.717) is 0 Å². The maximum Gasteiger partial charge on any atom is 0.0897 e. The number of aromatic nitrogens is 3. The second kappa shape index (κ2) is 6.92. The minimum absolute atomic E-state index is 0.181. The van der Waals surface area contributed by atoms with Crippen molar-refractivity contribution in [2.24, 2.45) is 0 Å². The highest BCUT2D eigenvalue weighted by Gasteiger charge is 2.42. The van der Waals surface area contributed by atoms with Gasteiger partial charge in [0.05, 0.1) is 23.9 Å². The van der Waals surface area contributed by atoms with Crippen LogP contribution < -0.4 is 0 Å². The first-order valence-electron chi connectivity index (χ1n) is 8.68. The Labute approximate surface area is 146 Å². The van der Waals surface area contributed by atoms with E-state index in [2.05, 4.69) is 43.4 Å². The molecule has 1 spiro atoms. The van der Waals surface area contributed by atoms with Gasteiger partial charge >= 0.3 is 0 Å². The molecular weight excluding hydrogens is 322 g/mol. The first kappa shape index (κ1) is 16.2. The Morgan fingerprint density at radius 2 is 2.17 bits per heavy atom. The van der Waals surface area contributed by atoms with E-state index < -0.39 is 0 Å². The minimum Gasteiger partial charge on any atom is -0.378 e. The summed E-state index contributed by atoms with van der Waals surface area (Å²) in [7, 11) is 0. The fourth-order valence-electron chi connectivity index (χ4n) is 3.89. The number of ether oxygens (including phenoxy) is 1. The smallest absolute Gasteiger partial charge is 0.0897 e. The molecule has 0 saturated carbocycles. The molecule has 2 fully saturated rings. The molecule has 0 bridgehead atoms. The molecule has 0 radical (unpaired) electrons. The minimum atomic E-state index is 0.181. The molecule has 7 heteroatoms. The Bertz CT molecular complexity index is 648. The highest BCUT2D eigenvalue weighted by molar-refractivity contribution is 7.09. The SMILES string of the molecule is Cc1nc(CN2CCOCC23CCN(Cc2ccn[nH]2)CC3)cs1. The summed E-state index contributed by atoms with van der Waals surface area (Å²) in [5.74, 6) is 0. The van der Waals surface area contributed by atoms with Gasteiger partial charge in [0.2, 0.25) is 0 Å². The van der Waals surface area contributed by atoms with Crippen LogP contribution in [0.25, 0.3) is 0 Å². The summed E-state index contributed by atoms with van der Waals surface area (Å²) in [6.45, 7) is 8.91. The molecule has 4 rings (SSSR count). The summed E-state index contributed by atoms with van der Waals surface area (Å²) in [6, 6.07) is 2.06. The topological polar surface area (TPSA) is 57.3 Å². The van der Waals surface area contributed by atoms with E-state index in [4.69, 9.17) is 4.74 Å². The average molecular weight is 347 g/mol. The van der Waals surface area contributed by atoms with Crippen LogP contribution in [-0.4, -0.2) is 63.4 Å². The largest absolute Gasteiger partial charge is 0.378 e. The van der Waals surface area contributed by atoms with E-state index in [1.165, 1.54) is 11.4 Å². The molecule has 1 N–H and O–H groups in total. The molecule has 24 heavy (non-hydrogen) atoms. The third kappa shape index (κ3) is 3.39. The Morgan fingerprint density at radius 3 is 2.88 bits per heavy atom. The van der Waals surface area contributed by atoms with Crippen LogP contribution in [0, 0.1) is 6.92 Å². The molecule has 2 aliphatic rings. The number of thiazole rings is 1. The molecule has 130 valence electrons. The Hall–Kier alpha value is -1.28. The van der Waals surface area contributed by atoms with Gasteiger partial charge in [0.15, 0.2) is 0 Å². The summed E-state index contributed by atoms with van der Waals surface area (Å²) in [6.07, 6.45) is 4.14. The average Bonchev–Trinajstić information content (AvgIpc) is 3.24. The summed E-state index contributed by atoms with van der Waals surface area (Å²) in [4.78, 5) is 9.80. The summed E-state index contributed by atoms with van der Waals surface area (Å²) in [5.41, 5.74) is 2.58. The Kier molecular flexibility index (Phi) is 4.67. The molecule has 0 aliphatic carbocycles. The first-order valence-corrected chi connectivity index (χ1v) is 9.56. The predicted octanol–water partition coefficient (Wildman–Crippen LogP) is 2.04. The monoisotopic (exact) mass is 347 g/mol. The molecule has 0 aromatic carbocycles. The molecule has 0 atom stereocenters. The van der Waals surface area contributed by atoms with E-state index in [-0.39, 0.29) is 5.54 Å². The summed E-state index contributed by atoms with van der Waals surface area (Å²) >= 11 is 1.74. The van der Waals surface area contributed by atoms with Gasteiger partial charge in [0.25, 0.3) is 0 Å². The van der Waals surface area contributed by atoms with Crippen LogP contribution in [-0.2, 0) is 17.8 Å². The van der Waals surface area contributed by atoms with Crippen LogP contribution in [0.1, 0.15) is 29.2 Å². The number of piperidine rings is 1. The normalized spacial score (nSPS) is 22.2. The summed E-state index contributed by atoms with van der Waals surface area (Å²) in [5, 5.41) is 10.5. The van der Waals surface area contributed by atoms with Gasteiger partial charge in [-0.15, -0.1) is 11.3 Å². The van der Waals surface area contributed by atoms with Gasteiger partial charge in [-0.05, 0) is 25.8 Å². The zero-order valence-electron chi connectivity index (χ0n) is 14.2. The number of hydrogen-bond donors (Lipinski definition) is 1. The van der Waals surface area contributed by atoms with Gasteiger partial charge in [-0.3, -0.25) is 14.9 Å². The van der Waals surface area contributed by atoms with Gasteiger partial charge in [0, 0.05) is 55.5 Å². The second-order valence-electron chi connectivity index (χ2n) is 6.91. The number of H-pyrrole nitrogens is 1. The maximum atomic E-state index is 5.88. The highest BCUT2D eigenvalue weighted by Crippen LogP contribution is 2.33. The lowest BCUT2D eigenvalue weighted by Gasteiger charge is -2.51. The van der Waals surface area contributed by atoms with E-state index in [9.17, 15) is 0 Å². The third-order valence-electron chi connectivity index (χ3n) is 5.31. The van der Waals surface area contributed by atoms with Gasteiger partial charge < -0.3 is 4.74 Å². The fourth-order valence-corrected chi connectivity index (χ4v) is 4.49. The fraction of sp³-hybridized carbons (Fsp3) is 0.647. The highest BCUT2D eigenvalue weighted by atomic mass is 32.1. The van der Waals surface area contributed by atoms with Gasteiger partial charge in [-0.25, -0.2) is 4.98 Å². The molecule has 2 aromatic heterocycles. The third-order valence-corrected chi connectivity index (χ3v) is 6.13. The van der Waals surface area contributed by atoms with Gasteiger partial charge in [-0.1, -0.05) is 0 Å². The number of aryl methyl sites for hydroxylation is 1. The van der Waals surface area contributed by atoms with Crippen LogP contribution in [0.4, 0.5) is 0 Å². The van der Waals surface area contributed by atoms with Crippen molar-refractivity contribution in [2.45, 2.75) is 38.4 Å². The van der Waals surface area contributed by atoms with Crippen LogP contribution >= 0.6 is 11.3 Å². The number of morpholine rings is 1. The van der Waals surface area contributed by atoms with Crippen molar-refractivity contribution >= 4 is 11.3 Å². The lowest BCUT2D eigenvalue weighted by molar-refractivity contribution is -0.1000. The Morgan fingerprint density at radius 1 is 1.29 bits per heavy atom. The van der Waals surface area contributed by atoms with Crippen molar-refractivity contribution < 1.29 is 4.74 Å². The van der Waals surface area contributed by atoms with E-state index in [0.717, 1.165) is 63.8 Å². The molecular formula is C17H25N5OS. The molecule has 4 heterocycles. The van der Waals surface area contributed by atoms with E-state index in [1.54, 1.807) is 11.3 Å². The van der Waals surface area contributed by atoms with Crippen molar-refractivity contribution in [3.8, 4) is 0 Å². The standard InChI is InChI=1S/C17H25N5OS/c1-14-19-16(12-24-14)11-22-8-9-23-13-17(22)3-6-21(7-4-17)10-15-2-5-18-20-15/h2,5,12H,3-4,6-11,13H2,1H3,(H,18,20). The molecule has 2 aliphatic heterocycles. The van der Waals surface area contributed by atoms with Crippen molar-refractivity contribution in [1.29, 1.82) is 0 Å². The zero-order chi connectivity index (χ0) is 16.4. The number of nitrogens with one attached hydrogen (secondary N) is 1. The molecule has 6 nitrogen and oxygen atoms in total. The van der Waals surface area contributed by atoms with E-state index in [1.807, 2.05) is 6.20 Å². The van der Waals surface area contributed by atoms with Crippen molar-refractivity contribution in [3.05, 3.63) is 34.0 Å². The molecule has 0 unspecified atom stereocenters. The lowest BCUT2D eigenvalue weighted by atomic mass is 9.85. The van der Waals surface area contributed by atoms with Gasteiger partial charge in [0.1, 0.15) is 0 Å². The van der Waals surface area contributed by atoms with Crippen molar-refractivity contribution in [3.63, 3.8) is 0 Å². The zero-order valence-corrected chi connectivity index (χ0v) is 15.0. The van der Waals surface area contributed by atoms with E-state index >= 15 is 0 Å². The second-order valence-corrected chi connectivity index (χ2v) is 7.98. The number of rotatable bonds is 4. The van der Waals surface area contributed by atoms with Crippen LogP contribution in [0.2, 0.25) is 0 Å². The van der Waals surface area contributed by atoms with Crippen molar-refractivity contribution in [1.82, 2.24) is 25.0 Å². The number of likely N-dealkylation sites (tertiary alicyclic amines) is 1. The predicted molar refractivity (Wildman–Crippen MR) is 93.9 cm³/mol. The number of nitrogens with zero attached hydrogens (tertiary/aromatic N) is 4. The van der Waals surface area contributed by atoms with Crippen LogP contribution in [0.15, 0.2) is 17.6 Å². The first-order chi connectivity index (χ1) is 11.7. The van der Waals surface area contributed by atoms with Crippen molar-refractivity contribution in [2.75, 3.05) is 32.8 Å². The lowest BCUT2D eigenvalue weighted by Crippen LogP contribution is -2.60. The van der Waals surface area contributed by atoms with Crippen LogP contribution in [0.3, 0.4) is 0 Å². The number of hydrogen-bond acceptors (Lipinski definition) is 6.